The zero-order valence-electron chi connectivity index (χ0n) is 29.3. The number of esters is 2. The molecule has 284 valence electrons. The number of phosphoric ester groups is 1. The molecule has 6 atom stereocenters. The molecule has 0 amide bonds. The van der Waals surface area contributed by atoms with Gasteiger partial charge in [-0.1, -0.05) is 123 Å². The molecule has 14 heteroatoms. The van der Waals surface area contributed by atoms with E-state index in [0.717, 1.165) is 32.1 Å². The molecule has 1 saturated carbocycles. The Bertz CT molecular complexity index is 875. The predicted molar refractivity (Wildman–Crippen MR) is 180 cm³/mol. The van der Waals surface area contributed by atoms with Crippen LogP contribution in [0.2, 0.25) is 0 Å². The van der Waals surface area contributed by atoms with E-state index in [2.05, 4.69) is 6.92 Å². The molecule has 0 heterocycles. The third-order valence-electron chi connectivity index (χ3n) is 8.70. The van der Waals surface area contributed by atoms with Crippen LogP contribution in [0.3, 0.4) is 0 Å². The number of ether oxygens (including phenoxy) is 2. The molecule has 6 N–H and O–H groups in total. The Balaban J connectivity index is 2.42. The Kier molecular flexibility index (Phi) is 24.9. The molecule has 13 nitrogen and oxygen atoms in total. The van der Waals surface area contributed by atoms with Crippen molar-refractivity contribution >= 4 is 19.8 Å². The highest BCUT2D eigenvalue weighted by atomic mass is 31.2. The summed E-state index contributed by atoms with van der Waals surface area (Å²) in [4.78, 5) is 34.9. The van der Waals surface area contributed by atoms with Gasteiger partial charge in [0.15, 0.2) is 6.10 Å². The molecule has 0 aliphatic heterocycles. The molecule has 0 saturated heterocycles. The van der Waals surface area contributed by atoms with Crippen LogP contribution < -0.4 is 0 Å². The molecule has 1 aliphatic rings. The van der Waals surface area contributed by atoms with E-state index in [0.29, 0.717) is 12.8 Å². The summed E-state index contributed by atoms with van der Waals surface area (Å²) in [6, 6.07) is 0. The summed E-state index contributed by atoms with van der Waals surface area (Å²) in [5.41, 5.74) is 0. The first-order valence-electron chi connectivity index (χ1n) is 18.3. The monoisotopic (exact) mass is 712 g/mol. The van der Waals surface area contributed by atoms with Crippen LogP contribution in [-0.2, 0) is 32.7 Å². The summed E-state index contributed by atoms with van der Waals surface area (Å²) in [6.45, 7) is 3.06. The van der Waals surface area contributed by atoms with E-state index >= 15 is 0 Å². The van der Waals surface area contributed by atoms with Crippen molar-refractivity contribution in [3.05, 3.63) is 0 Å². The van der Waals surface area contributed by atoms with E-state index in [4.69, 9.17) is 18.5 Å². The predicted octanol–water partition coefficient (Wildman–Crippen LogP) is 4.99. The van der Waals surface area contributed by atoms with Gasteiger partial charge in [-0.25, -0.2) is 4.57 Å². The number of hydrogen-bond acceptors (Lipinski definition) is 12. The summed E-state index contributed by atoms with van der Waals surface area (Å²) in [5.74, 6) is -1.12. The lowest BCUT2D eigenvalue weighted by Crippen LogP contribution is -2.64. The number of aliphatic hydroxyl groups excluding tert-OH is 5. The van der Waals surface area contributed by atoms with Crippen LogP contribution in [0.5, 0.6) is 0 Å². The van der Waals surface area contributed by atoms with Crippen LogP contribution >= 0.6 is 7.82 Å². The second-order valence-electron chi connectivity index (χ2n) is 13.1. The maximum Gasteiger partial charge on any atom is 0.472 e. The standard InChI is InChI=1S/C34H65O13P/c1-3-5-7-8-9-10-11-12-13-14-15-16-17-18-19-21-23-28(36)46-26(24-44-27(35)22-20-6-4-2)25-45-48(42,43)47-34-32(40)30(38)29(37)31(39)33(34)41/h26,29-34,37-41H,3-25H2,1-2H3,(H,42,43). The van der Waals surface area contributed by atoms with Crippen LogP contribution in [0.4, 0.5) is 0 Å². The van der Waals surface area contributed by atoms with Gasteiger partial charge in [-0.15, -0.1) is 0 Å². The van der Waals surface area contributed by atoms with Gasteiger partial charge in [0, 0.05) is 12.8 Å². The van der Waals surface area contributed by atoms with E-state index in [1.807, 2.05) is 6.92 Å². The van der Waals surface area contributed by atoms with Crippen LogP contribution in [0, 0.1) is 0 Å². The van der Waals surface area contributed by atoms with Gasteiger partial charge >= 0.3 is 19.8 Å². The van der Waals surface area contributed by atoms with E-state index in [9.17, 15) is 44.6 Å². The quantitative estimate of drug-likeness (QED) is 0.0343. The van der Waals surface area contributed by atoms with Gasteiger partial charge < -0.3 is 39.9 Å². The van der Waals surface area contributed by atoms with E-state index in [1.165, 1.54) is 77.0 Å². The fourth-order valence-corrected chi connectivity index (χ4v) is 6.61. The topological polar surface area (TPSA) is 210 Å². The molecular formula is C34H65O13P. The fraction of sp³-hybridized carbons (Fsp3) is 0.941. The van der Waals surface area contributed by atoms with E-state index in [-0.39, 0.29) is 12.8 Å². The van der Waals surface area contributed by atoms with Crippen molar-refractivity contribution < 1.29 is 63.1 Å². The van der Waals surface area contributed by atoms with E-state index < -0.39 is 75.7 Å². The highest BCUT2D eigenvalue weighted by Crippen LogP contribution is 2.47. The van der Waals surface area contributed by atoms with Crippen molar-refractivity contribution in [1.29, 1.82) is 0 Å². The van der Waals surface area contributed by atoms with Crippen LogP contribution in [0.25, 0.3) is 0 Å². The zero-order chi connectivity index (χ0) is 35.8. The van der Waals surface area contributed by atoms with Crippen molar-refractivity contribution in [2.45, 2.75) is 191 Å². The number of phosphoric acid groups is 1. The lowest BCUT2D eigenvalue weighted by atomic mass is 9.85. The van der Waals surface area contributed by atoms with Crippen molar-refractivity contribution in [2.75, 3.05) is 13.2 Å². The average molecular weight is 713 g/mol. The van der Waals surface area contributed by atoms with Gasteiger partial charge in [-0.3, -0.25) is 18.6 Å². The maximum absolute atomic E-state index is 12.6. The Morgan fingerprint density at radius 3 is 1.42 bits per heavy atom. The molecule has 0 spiro atoms. The van der Waals surface area contributed by atoms with Crippen molar-refractivity contribution in [1.82, 2.24) is 0 Å². The minimum atomic E-state index is -5.09. The molecular weight excluding hydrogens is 647 g/mol. The molecule has 0 aromatic rings. The number of aliphatic hydroxyl groups is 5. The summed E-state index contributed by atoms with van der Waals surface area (Å²) in [5, 5.41) is 49.6. The molecule has 48 heavy (non-hydrogen) atoms. The number of rotatable bonds is 29. The smallest absolute Gasteiger partial charge is 0.462 e. The highest BCUT2D eigenvalue weighted by Gasteiger charge is 2.51. The van der Waals surface area contributed by atoms with Gasteiger partial charge in [-0.2, -0.15) is 0 Å². The number of hydrogen-bond donors (Lipinski definition) is 6. The third kappa shape index (κ3) is 19.9. The lowest BCUT2D eigenvalue weighted by molar-refractivity contribution is -0.220. The van der Waals surface area contributed by atoms with Gasteiger partial charge in [0.25, 0.3) is 0 Å². The second-order valence-corrected chi connectivity index (χ2v) is 14.5. The summed E-state index contributed by atoms with van der Waals surface area (Å²) in [7, 11) is -5.09. The normalized spacial score (nSPS) is 24.6. The Labute approximate surface area is 287 Å². The first kappa shape index (κ1) is 44.9. The van der Waals surface area contributed by atoms with Gasteiger partial charge in [0.05, 0.1) is 6.61 Å². The molecule has 6 unspecified atom stereocenters. The molecule has 0 radical (unpaired) electrons. The largest absolute Gasteiger partial charge is 0.472 e. The molecule has 0 aromatic heterocycles. The number of unbranched alkanes of at least 4 members (excludes halogenated alkanes) is 17. The summed E-state index contributed by atoms with van der Waals surface area (Å²) >= 11 is 0. The lowest BCUT2D eigenvalue weighted by Gasteiger charge is -2.41. The number of carbonyl (C=O) groups excluding carboxylic acids is 2. The molecule has 1 rings (SSSR count). The first-order chi connectivity index (χ1) is 22.9. The van der Waals surface area contributed by atoms with Crippen molar-refractivity contribution in [3.8, 4) is 0 Å². The van der Waals surface area contributed by atoms with Crippen LogP contribution in [0.1, 0.15) is 149 Å². The van der Waals surface area contributed by atoms with Gasteiger partial charge in [-0.05, 0) is 12.8 Å². The molecule has 1 fully saturated rings. The molecule has 0 bridgehead atoms. The van der Waals surface area contributed by atoms with Crippen LogP contribution in [0.15, 0.2) is 0 Å². The minimum Gasteiger partial charge on any atom is -0.462 e. The fourth-order valence-electron chi connectivity index (χ4n) is 5.64. The maximum atomic E-state index is 12.6. The Morgan fingerprint density at radius 1 is 0.562 bits per heavy atom. The number of carbonyl (C=O) groups is 2. The second kappa shape index (κ2) is 26.6. The SMILES string of the molecule is CCCCCCCCCCCCCCCCCCC(=O)OC(COC(=O)CCCCC)COP(=O)(O)OC1C(O)C(O)C(O)C(O)C1O. The summed E-state index contributed by atoms with van der Waals surface area (Å²) in [6.07, 6.45) is 8.66. The average Bonchev–Trinajstić information content (AvgIpc) is 3.06. The summed E-state index contributed by atoms with van der Waals surface area (Å²) < 4.78 is 32.9. The highest BCUT2D eigenvalue weighted by molar-refractivity contribution is 7.47. The molecule has 1 aliphatic carbocycles. The van der Waals surface area contributed by atoms with Crippen LogP contribution in [-0.4, -0.2) is 98.3 Å². The molecule has 0 aromatic carbocycles. The van der Waals surface area contributed by atoms with Crippen molar-refractivity contribution in [2.24, 2.45) is 0 Å². The Hall–Kier alpha value is -1.15. The Morgan fingerprint density at radius 2 is 0.938 bits per heavy atom. The van der Waals surface area contributed by atoms with Gasteiger partial charge in [0.2, 0.25) is 0 Å². The van der Waals surface area contributed by atoms with Crippen molar-refractivity contribution in [3.63, 3.8) is 0 Å². The first-order valence-corrected chi connectivity index (χ1v) is 19.8. The minimum absolute atomic E-state index is 0.102. The zero-order valence-corrected chi connectivity index (χ0v) is 30.2. The van der Waals surface area contributed by atoms with E-state index in [1.54, 1.807) is 0 Å². The van der Waals surface area contributed by atoms with Gasteiger partial charge in [0.1, 0.15) is 43.2 Å². The third-order valence-corrected chi connectivity index (χ3v) is 9.68.